The van der Waals surface area contributed by atoms with Crippen LogP contribution in [-0.4, -0.2) is 11.9 Å². The molecule has 1 nitrogen and oxygen atoms in total. The molecule has 1 saturated heterocycles. The zero-order valence-electron chi connectivity index (χ0n) is 42.7. The molecule has 0 bridgehead atoms. The lowest BCUT2D eigenvalue weighted by molar-refractivity contribution is 0.346. The Kier molecular flexibility index (Phi) is 15.9. The minimum atomic E-state index is 0.378. The first-order valence-electron chi connectivity index (χ1n) is 24.7. The van der Waals surface area contributed by atoms with Gasteiger partial charge in [-0.25, -0.2) is 0 Å². The number of nitrogens with zero attached hydrogens (tertiary/aromatic N) is 1. The Bertz CT molecular complexity index is 1970. The Hall–Kier alpha value is -3.32. The van der Waals surface area contributed by atoms with Crippen molar-refractivity contribution in [3.63, 3.8) is 0 Å². The van der Waals surface area contributed by atoms with E-state index in [9.17, 15) is 0 Å². The molecule has 16 atom stereocenters. The molecule has 0 aromatic carbocycles. The summed E-state index contributed by atoms with van der Waals surface area (Å²) >= 11 is 0. The molecule has 0 aromatic heterocycles. The standard InChI is InChI=1S/C61H91N/c1-23-39(15)59-48(29-46(56(59)36(9)10)25-26-47-30-54(43(19)34(5)6)61-45(21)62(22)44(20)60(47)61)27-40(16)51-32-52(58(38(13)14)57(51)37(11)12)41(17)28-49-31-53(42(18)33(3)4)50(24-2)55(49)35(7)8/h25-28,46-61H,7,9,11,13,15,20-21,23-24,29-32H2,1-6,8,10,12,14,16-19,22H3/b26-25-,40-27+,41-28+. The maximum atomic E-state index is 4.78. The number of allylic oxidation sites excluding steroid dienone is 17. The smallest absolute Gasteiger partial charge is 0.0145 e. The highest BCUT2D eigenvalue weighted by atomic mass is 15.2. The molecule has 62 heavy (non-hydrogen) atoms. The second-order valence-corrected chi connectivity index (χ2v) is 22.3. The summed E-state index contributed by atoms with van der Waals surface area (Å²) in [4.78, 5) is 2.29. The molecule has 4 aliphatic carbocycles. The first-order chi connectivity index (χ1) is 29.0. The van der Waals surface area contributed by atoms with Crippen molar-refractivity contribution in [1.29, 1.82) is 0 Å². The zero-order chi connectivity index (χ0) is 46.4. The molecule has 0 radical (unpaired) electrons. The van der Waals surface area contributed by atoms with Crippen LogP contribution in [0.5, 0.6) is 0 Å². The SMILES string of the molecule is C=C(C)C1C(/C=C(\C)C2CC(/C(C)=C/C3CC(/C=C\C4CC(C(C)=C(C)C)C5C(=C)N(C)C(=C)C45)C(C(=C)C)C3C(=C)CC)C(C(=C)C)C2C(=C)C)CC(C(C)=C(C)C)C1CC. The number of rotatable bonds is 15. The third-order valence-electron chi connectivity index (χ3n) is 18.1. The average molecular weight is 838 g/mol. The second kappa shape index (κ2) is 19.8. The molecule has 1 heteroatoms. The van der Waals surface area contributed by atoms with Crippen LogP contribution in [0, 0.1) is 94.7 Å². The van der Waals surface area contributed by atoms with Gasteiger partial charge in [-0.05, 0) is 198 Å². The minimum absolute atomic E-state index is 0.378. The van der Waals surface area contributed by atoms with Crippen LogP contribution in [0.15, 0.2) is 143 Å². The molecule has 16 unspecified atom stereocenters. The van der Waals surface area contributed by atoms with Crippen LogP contribution < -0.4 is 0 Å². The third kappa shape index (κ3) is 9.27. The van der Waals surface area contributed by atoms with Crippen molar-refractivity contribution in [2.75, 3.05) is 7.05 Å². The number of fused-ring (bicyclic) bond motifs is 1. The predicted molar refractivity (Wildman–Crippen MR) is 274 cm³/mol. The van der Waals surface area contributed by atoms with Crippen molar-refractivity contribution in [3.05, 3.63) is 143 Å². The summed E-state index contributed by atoms with van der Waals surface area (Å²) in [5.74, 6) is 7.41. The summed E-state index contributed by atoms with van der Waals surface area (Å²) in [5.41, 5.74) is 18.3. The summed E-state index contributed by atoms with van der Waals surface area (Å²) < 4.78 is 0. The molecule has 0 aromatic rings. The highest BCUT2D eigenvalue weighted by Gasteiger charge is 2.52. The van der Waals surface area contributed by atoms with Gasteiger partial charge in [0.25, 0.3) is 0 Å². The number of hydrogen-bond donors (Lipinski definition) is 0. The Morgan fingerprint density at radius 2 is 0.935 bits per heavy atom. The lowest BCUT2D eigenvalue weighted by Gasteiger charge is -2.30. The molecule has 1 aliphatic heterocycles. The molecule has 5 aliphatic rings. The van der Waals surface area contributed by atoms with E-state index < -0.39 is 0 Å². The zero-order valence-corrected chi connectivity index (χ0v) is 42.7. The van der Waals surface area contributed by atoms with Crippen LogP contribution in [-0.2, 0) is 0 Å². The molecule has 4 saturated carbocycles. The van der Waals surface area contributed by atoms with Gasteiger partial charge in [-0.1, -0.05) is 152 Å². The van der Waals surface area contributed by atoms with Gasteiger partial charge in [0, 0.05) is 30.3 Å². The largest absolute Gasteiger partial charge is 0.352 e. The molecule has 5 fully saturated rings. The van der Waals surface area contributed by atoms with Crippen molar-refractivity contribution >= 4 is 0 Å². The molecular weight excluding hydrogens is 747 g/mol. The van der Waals surface area contributed by atoms with E-state index in [1.54, 1.807) is 11.1 Å². The van der Waals surface area contributed by atoms with Gasteiger partial charge in [0.2, 0.25) is 0 Å². The Balaban J connectivity index is 1.49. The van der Waals surface area contributed by atoms with Gasteiger partial charge in [-0.3, -0.25) is 0 Å². The Morgan fingerprint density at radius 3 is 1.39 bits per heavy atom. The van der Waals surface area contributed by atoms with Crippen LogP contribution in [0.4, 0.5) is 0 Å². The van der Waals surface area contributed by atoms with Gasteiger partial charge >= 0.3 is 0 Å². The summed E-state index contributed by atoms with van der Waals surface area (Å²) in [6.45, 7) is 65.3. The van der Waals surface area contributed by atoms with Crippen LogP contribution in [0.2, 0.25) is 0 Å². The second-order valence-electron chi connectivity index (χ2n) is 22.3. The molecule has 0 amide bonds. The Morgan fingerprint density at radius 1 is 0.500 bits per heavy atom. The van der Waals surface area contributed by atoms with E-state index in [0.717, 1.165) is 19.3 Å². The van der Waals surface area contributed by atoms with E-state index in [2.05, 4.69) is 159 Å². The monoisotopic (exact) mass is 838 g/mol. The first-order valence-corrected chi connectivity index (χ1v) is 24.7. The maximum Gasteiger partial charge on any atom is 0.0145 e. The molecule has 0 spiro atoms. The van der Waals surface area contributed by atoms with Gasteiger partial charge in [0.1, 0.15) is 0 Å². The highest BCUT2D eigenvalue weighted by Crippen LogP contribution is 2.59. The number of hydrogen-bond acceptors (Lipinski definition) is 1. The summed E-state index contributed by atoms with van der Waals surface area (Å²) in [5, 5.41) is 0. The predicted octanol–water partition coefficient (Wildman–Crippen LogP) is 17.3. The van der Waals surface area contributed by atoms with E-state index in [-0.39, 0.29) is 0 Å². The topological polar surface area (TPSA) is 3.24 Å². The fourth-order valence-corrected chi connectivity index (χ4v) is 14.6. The van der Waals surface area contributed by atoms with Gasteiger partial charge in [0.15, 0.2) is 0 Å². The van der Waals surface area contributed by atoms with E-state index in [0.29, 0.717) is 94.7 Å². The lowest BCUT2D eigenvalue weighted by Crippen LogP contribution is -2.22. The first kappa shape index (κ1) is 49.7. The molecule has 5 rings (SSSR count). The Labute approximate surface area is 383 Å². The van der Waals surface area contributed by atoms with Crippen LogP contribution >= 0.6 is 0 Å². The van der Waals surface area contributed by atoms with E-state index in [1.165, 1.54) is 80.8 Å². The summed E-state index contributed by atoms with van der Waals surface area (Å²) in [6.07, 6.45) is 17.5. The fraction of sp³-hybridized carbons (Fsp3) is 0.607. The molecular formula is C61H91N. The third-order valence-corrected chi connectivity index (χ3v) is 18.1. The van der Waals surface area contributed by atoms with Crippen molar-refractivity contribution in [3.8, 4) is 0 Å². The van der Waals surface area contributed by atoms with Gasteiger partial charge in [0.05, 0.1) is 0 Å². The van der Waals surface area contributed by atoms with E-state index in [4.69, 9.17) is 19.7 Å². The van der Waals surface area contributed by atoms with E-state index in [1.807, 2.05) is 0 Å². The van der Waals surface area contributed by atoms with Crippen molar-refractivity contribution < 1.29 is 0 Å². The van der Waals surface area contributed by atoms with Crippen molar-refractivity contribution in [2.45, 2.75) is 135 Å². The normalized spacial score (nSPS) is 37.3. The van der Waals surface area contributed by atoms with Crippen LogP contribution in [0.1, 0.15) is 135 Å². The van der Waals surface area contributed by atoms with Crippen molar-refractivity contribution in [2.24, 2.45) is 94.7 Å². The van der Waals surface area contributed by atoms with Crippen LogP contribution in [0.3, 0.4) is 0 Å². The maximum absolute atomic E-state index is 4.78. The molecule has 340 valence electrons. The molecule has 0 N–H and O–H groups in total. The van der Waals surface area contributed by atoms with E-state index >= 15 is 0 Å². The van der Waals surface area contributed by atoms with Gasteiger partial charge in [-0.2, -0.15) is 0 Å². The summed E-state index contributed by atoms with van der Waals surface area (Å²) in [7, 11) is 2.17. The van der Waals surface area contributed by atoms with Gasteiger partial charge in [-0.15, -0.1) is 0 Å². The molecule has 1 heterocycles. The average Bonchev–Trinajstić information content (AvgIpc) is 4.01. The highest BCUT2D eigenvalue weighted by molar-refractivity contribution is 5.35. The number of likely N-dealkylation sites (tertiary alicyclic amines) is 1. The van der Waals surface area contributed by atoms with Crippen LogP contribution in [0.25, 0.3) is 0 Å². The fourth-order valence-electron chi connectivity index (χ4n) is 14.6. The lowest BCUT2D eigenvalue weighted by atomic mass is 9.74. The van der Waals surface area contributed by atoms with Gasteiger partial charge < -0.3 is 4.90 Å². The quantitative estimate of drug-likeness (QED) is 0.149. The summed E-state index contributed by atoms with van der Waals surface area (Å²) in [6, 6.07) is 0. The van der Waals surface area contributed by atoms with Crippen molar-refractivity contribution in [1.82, 2.24) is 4.90 Å². The minimum Gasteiger partial charge on any atom is -0.352 e.